The van der Waals surface area contributed by atoms with Crippen LogP contribution in [0.2, 0.25) is 5.02 Å². The van der Waals surface area contributed by atoms with Crippen LogP contribution >= 0.6 is 11.6 Å². The first-order valence-corrected chi connectivity index (χ1v) is 4.57. The second-order valence-electron chi connectivity index (χ2n) is 2.78. The minimum Gasteiger partial charge on any atom is -0.384 e. The quantitative estimate of drug-likeness (QED) is 0.755. The number of carbonyl (C=O) groups is 1. The summed E-state index contributed by atoms with van der Waals surface area (Å²) in [6, 6.07) is 5.23. The number of nitrogens with one attached hydrogen (secondary N) is 1. The van der Waals surface area contributed by atoms with Crippen LogP contribution in [0.15, 0.2) is 18.2 Å². The summed E-state index contributed by atoms with van der Waals surface area (Å²) in [6.45, 7) is 4.32. The molecule has 0 aliphatic rings. The number of benzene rings is 1. The average Bonchev–Trinajstić information content (AvgIpc) is 2.08. The van der Waals surface area contributed by atoms with Gasteiger partial charge in [0.05, 0.1) is 10.7 Å². The van der Waals surface area contributed by atoms with Crippen LogP contribution in [0.5, 0.6) is 0 Å². The van der Waals surface area contributed by atoms with Crippen LogP contribution in [-0.4, -0.2) is 12.3 Å². The van der Waals surface area contributed by atoms with Gasteiger partial charge in [-0.3, -0.25) is 4.79 Å². The summed E-state index contributed by atoms with van der Waals surface area (Å²) in [5.41, 5.74) is 1.50. The van der Waals surface area contributed by atoms with Crippen LogP contribution < -0.4 is 5.32 Å². The van der Waals surface area contributed by atoms with Gasteiger partial charge >= 0.3 is 0 Å². The van der Waals surface area contributed by atoms with Crippen molar-refractivity contribution in [2.45, 2.75) is 13.8 Å². The molecule has 1 N–H and O–H groups in total. The lowest BCUT2D eigenvalue weighted by Crippen LogP contribution is -1.99. The Balaban J connectivity index is 3.03. The second-order valence-corrected chi connectivity index (χ2v) is 3.19. The molecule has 0 amide bonds. The lowest BCUT2D eigenvalue weighted by molar-refractivity contribution is 0.101. The molecule has 0 heterocycles. The molecule has 70 valence electrons. The molecule has 0 radical (unpaired) electrons. The third-order valence-electron chi connectivity index (χ3n) is 1.74. The van der Waals surface area contributed by atoms with Crippen LogP contribution in [0.3, 0.4) is 0 Å². The zero-order chi connectivity index (χ0) is 9.84. The Hall–Kier alpha value is -1.02. The summed E-state index contributed by atoms with van der Waals surface area (Å²) in [7, 11) is 0. The molecule has 0 saturated carbocycles. The van der Waals surface area contributed by atoms with E-state index in [9.17, 15) is 4.79 Å². The largest absolute Gasteiger partial charge is 0.384 e. The van der Waals surface area contributed by atoms with Crippen LogP contribution in [-0.2, 0) is 0 Å². The van der Waals surface area contributed by atoms with E-state index in [1.807, 2.05) is 6.92 Å². The minimum atomic E-state index is 0.0517. The van der Waals surface area contributed by atoms with Gasteiger partial charge in [-0.25, -0.2) is 0 Å². The van der Waals surface area contributed by atoms with Gasteiger partial charge < -0.3 is 5.32 Å². The van der Waals surface area contributed by atoms with E-state index in [1.165, 1.54) is 0 Å². The van der Waals surface area contributed by atoms with Crippen LogP contribution in [0.1, 0.15) is 24.2 Å². The van der Waals surface area contributed by atoms with Crippen LogP contribution in [0.4, 0.5) is 5.69 Å². The monoisotopic (exact) mass is 197 g/mol. The van der Waals surface area contributed by atoms with Crippen molar-refractivity contribution < 1.29 is 4.79 Å². The number of ketones is 1. The number of hydrogen-bond acceptors (Lipinski definition) is 2. The van der Waals surface area contributed by atoms with E-state index in [1.54, 1.807) is 25.1 Å². The fraction of sp³-hybridized carbons (Fsp3) is 0.300. The maximum absolute atomic E-state index is 11.0. The molecule has 0 spiro atoms. The molecule has 13 heavy (non-hydrogen) atoms. The van der Waals surface area contributed by atoms with Gasteiger partial charge in [0.15, 0.2) is 5.78 Å². The molecule has 0 fully saturated rings. The Kier molecular flexibility index (Phi) is 3.32. The highest BCUT2D eigenvalue weighted by molar-refractivity contribution is 6.33. The minimum absolute atomic E-state index is 0.0517. The molecule has 1 aromatic carbocycles. The summed E-state index contributed by atoms with van der Waals surface area (Å²) >= 11 is 5.91. The molecule has 0 aromatic heterocycles. The summed E-state index contributed by atoms with van der Waals surface area (Å²) < 4.78 is 0. The topological polar surface area (TPSA) is 29.1 Å². The second kappa shape index (κ2) is 4.28. The van der Waals surface area contributed by atoms with Crippen molar-refractivity contribution in [2.24, 2.45) is 0 Å². The average molecular weight is 198 g/mol. The third-order valence-corrected chi connectivity index (χ3v) is 2.07. The Labute approximate surface area is 82.9 Å². The van der Waals surface area contributed by atoms with E-state index in [0.717, 1.165) is 12.2 Å². The molecule has 0 bridgehead atoms. The summed E-state index contributed by atoms with van der Waals surface area (Å²) in [5, 5.41) is 3.73. The van der Waals surface area contributed by atoms with Gasteiger partial charge in [-0.15, -0.1) is 0 Å². The maximum atomic E-state index is 11.0. The van der Waals surface area contributed by atoms with Crippen molar-refractivity contribution in [1.29, 1.82) is 0 Å². The molecule has 1 rings (SSSR count). The standard InChI is InChI=1S/C10H12ClNO/c1-3-12-10-6-8(7(2)13)4-5-9(10)11/h4-6,12H,3H2,1-2H3. The fourth-order valence-corrected chi connectivity index (χ4v) is 1.25. The first-order chi connectivity index (χ1) is 6.15. The Morgan fingerprint density at radius 2 is 2.23 bits per heavy atom. The maximum Gasteiger partial charge on any atom is 0.159 e. The molecule has 2 nitrogen and oxygen atoms in total. The van der Waals surface area contributed by atoms with Gasteiger partial charge in [0, 0.05) is 12.1 Å². The number of halogens is 1. The summed E-state index contributed by atoms with van der Waals surface area (Å²) in [4.78, 5) is 11.0. The van der Waals surface area contributed by atoms with E-state index in [4.69, 9.17) is 11.6 Å². The van der Waals surface area contributed by atoms with Crippen molar-refractivity contribution in [3.63, 3.8) is 0 Å². The number of carbonyl (C=O) groups excluding carboxylic acids is 1. The lowest BCUT2D eigenvalue weighted by Gasteiger charge is -2.06. The van der Waals surface area contributed by atoms with Gasteiger partial charge in [0.25, 0.3) is 0 Å². The van der Waals surface area contributed by atoms with Gasteiger partial charge in [-0.2, -0.15) is 0 Å². The van der Waals surface area contributed by atoms with E-state index in [2.05, 4.69) is 5.32 Å². The summed E-state index contributed by atoms with van der Waals surface area (Å²) in [5.74, 6) is 0.0517. The Morgan fingerprint density at radius 1 is 1.54 bits per heavy atom. The highest BCUT2D eigenvalue weighted by Gasteiger charge is 2.03. The molecule has 0 saturated heterocycles. The summed E-state index contributed by atoms with van der Waals surface area (Å²) in [6.07, 6.45) is 0. The molecule has 3 heteroatoms. The first kappa shape index (κ1) is 10.1. The van der Waals surface area contributed by atoms with Crippen molar-refractivity contribution in [2.75, 3.05) is 11.9 Å². The number of rotatable bonds is 3. The van der Waals surface area contributed by atoms with Crippen molar-refractivity contribution >= 4 is 23.1 Å². The Morgan fingerprint density at radius 3 is 2.77 bits per heavy atom. The van der Waals surface area contributed by atoms with Gasteiger partial charge in [0.1, 0.15) is 0 Å². The fourth-order valence-electron chi connectivity index (χ4n) is 1.07. The lowest BCUT2D eigenvalue weighted by atomic mass is 10.1. The van der Waals surface area contributed by atoms with Gasteiger partial charge in [-0.1, -0.05) is 11.6 Å². The molecular formula is C10H12ClNO. The number of anilines is 1. The normalized spacial score (nSPS) is 9.77. The van der Waals surface area contributed by atoms with E-state index in [-0.39, 0.29) is 5.78 Å². The van der Waals surface area contributed by atoms with E-state index < -0.39 is 0 Å². The molecule has 0 aliphatic heterocycles. The van der Waals surface area contributed by atoms with Crippen LogP contribution in [0.25, 0.3) is 0 Å². The Bertz CT molecular complexity index is 323. The number of hydrogen-bond donors (Lipinski definition) is 1. The molecule has 1 aromatic rings. The zero-order valence-electron chi connectivity index (χ0n) is 7.73. The number of Topliss-reactive ketones (excluding diaryl/α,β-unsaturated/α-hetero) is 1. The highest BCUT2D eigenvalue weighted by atomic mass is 35.5. The highest BCUT2D eigenvalue weighted by Crippen LogP contribution is 2.22. The van der Waals surface area contributed by atoms with Crippen molar-refractivity contribution in [1.82, 2.24) is 0 Å². The van der Waals surface area contributed by atoms with E-state index >= 15 is 0 Å². The van der Waals surface area contributed by atoms with Gasteiger partial charge in [0.2, 0.25) is 0 Å². The SMILES string of the molecule is CCNc1cc(C(C)=O)ccc1Cl. The predicted octanol–water partition coefficient (Wildman–Crippen LogP) is 2.97. The smallest absolute Gasteiger partial charge is 0.159 e. The zero-order valence-corrected chi connectivity index (χ0v) is 8.48. The van der Waals surface area contributed by atoms with Crippen LogP contribution in [0, 0.1) is 0 Å². The molecule has 0 aliphatic carbocycles. The third kappa shape index (κ3) is 2.46. The van der Waals surface area contributed by atoms with Crippen molar-refractivity contribution in [3.8, 4) is 0 Å². The molecular weight excluding hydrogens is 186 g/mol. The first-order valence-electron chi connectivity index (χ1n) is 4.19. The molecule has 0 unspecified atom stereocenters. The predicted molar refractivity (Wildman–Crippen MR) is 55.6 cm³/mol. The van der Waals surface area contributed by atoms with E-state index in [0.29, 0.717) is 10.6 Å². The van der Waals surface area contributed by atoms with Gasteiger partial charge in [-0.05, 0) is 32.0 Å². The molecule has 0 atom stereocenters. The van der Waals surface area contributed by atoms with Crippen molar-refractivity contribution in [3.05, 3.63) is 28.8 Å².